The van der Waals surface area contributed by atoms with Crippen molar-refractivity contribution < 1.29 is 18.0 Å². The Morgan fingerprint density at radius 2 is 1.75 bits per heavy atom. The van der Waals surface area contributed by atoms with E-state index in [0.717, 1.165) is 0 Å². The third-order valence-corrected chi connectivity index (χ3v) is 3.65. The van der Waals surface area contributed by atoms with Crippen molar-refractivity contribution in [1.82, 2.24) is 4.90 Å². The Kier molecular flexibility index (Phi) is 3.24. The van der Waals surface area contributed by atoms with Crippen molar-refractivity contribution in [2.75, 3.05) is 6.54 Å². The van der Waals surface area contributed by atoms with Crippen molar-refractivity contribution in [3.05, 3.63) is 0 Å². The first kappa shape index (κ1) is 11.9. The van der Waals surface area contributed by atoms with E-state index in [4.69, 9.17) is 0 Å². The molecule has 0 aromatic carbocycles. The zero-order valence-electron chi connectivity index (χ0n) is 9.09. The van der Waals surface area contributed by atoms with Gasteiger partial charge >= 0.3 is 6.18 Å². The zero-order valence-corrected chi connectivity index (χ0v) is 9.09. The lowest BCUT2D eigenvalue weighted by molar-refractivity contribution is -0.182. The molecule has 0 amide bonds. The fourth-order valence-electron chi connectivity index (χ4n) is 2.83. The van der Waals surface area contributed by atoms with E-state index >= 15 is 0 Å². The summed E-state index contributed by atoms with van der Waals surface area (Å²) < 4.78 is 38.2. The summed E-state index contributed by atoms with van der Waals surface area (Å²) in [5.41, 5.74) is 0. The Bertz CT molecular complexity index is 267. The van der Waals surface area contributed by atoms with Crippen LogP contribution < -0.4 is 0 Å². The minimum atomic E-state index is -4.11. The second kappa shape index (κ2) is 4.35. The van der Waals surface area contributed by atoms with Gasteiger partial charge < -0.3 is 0 Å². The molecule has 1 unspecified atom stereocenters. The summed E-state index contributed by atoms with van der Waals surface area (Å²) in [5, 5.41) is 0. The highest BCUT2D eigenvalue weighted by Gasteiger charge is 2.48. The molecular formula is C11H16F3NO. The molecule has 2 aliphatic rings. The predicted molar refractivity (Wildman–Crippen MR) is 53.0 cm³/mol. The fraction of sp³-hybridized carbons (Fsp3) is 0.909. The first-order chi connectivity index (χ1) is 7.48. The van der Waals surface area contributed by atoms with Gasteiger partial charge in [0.1, 0.15) is 11.8 Å². The topological polar surface area (TPSA) is 20.3 Å². The third-order valence-electron chi connectivity index (χ3n) is 3.65. The van der Waals surface area contributed by atoms with Crippen molar-refractivity contribution in [2.24, 2.45) is 0 Å². The lowest BCUT2D eigenvalue weighted by Gasteiger charge is -2.35. The van der Waals surface area contributed by atoms with E-state index in [1.165, 1.54) is 0 Å². The Hall–Kier alpha value is -0.580. The van der Waals surface area contributed by atoms with E-state index in [1.54, 1.807) is 4.90 Å². The number of carbonyl (C=O) groups excluding carboxylic acids is 1. The van der Waals surface area contributed by atoms with Crippen LogP contribution >= 0.6 is 0 Å². The number of hydrogen-bond donors (Lipinski definition) is 0. The number of carbonyl (C=O) groups is 1. The van der Waals surface area contributed by atoms with Crippen LogP contribution in [0, 0.1) is 0 Å². The molecule has 1 saturated carbocycles. The Labute approximate surface area is 92.8 Å². The van der Waals surface area contributed by atoms with Crippen molar-refractivity contribution >= 4 is 5.78 Å². The number of halogens is 3. The van der Waals surface area contributed by atoms with E-state index < -0.39 is 12.2 Å². The molecule has 2 nitrogen and oxygen atoms in total. The molecule has 0 aromatic rings. The maximum Gasteiger partial charge on any atom is 0.404 e. The number of likely N-dealkylation sites (tertiary alicyclic amines) is 1. The summed E-state index contributed by atoms with van der Waals surface area (Å²) in [6.07, 6.45) is -1.17. The van der Waals surface area contributed by atoms with E-state index in [1.807, 2.05) is 0 Å². The molecule has 2 rings (SSSR count). The third kappa shape index (κ3) is 2.39. The molecule has 92 valence electrons. The lowest BCUT2D eigenvalue weighted by Crippen LogP contribution is -2.47. The average molecular weight is 235 g/mol. The molecule has 1 aliphatic carbocycles. The maximum absolute atomic E-state index is 12.7. The summed E-state index contributed by atoms with van der Waals surface area (Å²) >= 11 is 0. The molecule has 1 heterocycles. The summed E-state index contributed by atoms with van der Waals surface area (Å²) in [7, 11) is 0. The van der Waals surface area contributed by atoms with Gasteiger partial charge in [-0.3, -0.25) is 9.69 Å². The Morgan fingerprint density at radius 3 is 2.31 bits per heavy atom. The van der Waals surface area contributed by atoms with Crippen LogP contribution in [0.25, 0.3) is 0 Å². The molecular weight excluding hydrogens is 219 g/mol. The van der Waals surface area contributed by atoms with Crippen LogP contribution in [0.2, 0.25) is 0 Å². The normalized spacial score (nSPS) is 29.9. The van der Waals surface area contributed by atoms with Gasteiger partial charge in [0.15, 0.2) is 0 Å². The highest BCUT2D eigenvalue weighted by Crippen LogP contribution is 2.36. The minimum absolute atomic E-state index is 0.0353. The molecule has 2 fully saturated rings. The van der Waals surface area contributed by atoms with E-state index in [-0.39, 0.29) is 18.2 Å². The SMILES string of the molecule is O=C1CCC(N2CCCC2C(F)(F)F)CC1. The second-order valence-electron chi connectivity index (χ2n) is 4.71. The smallest absolute Gasteiger partial charge is 0.300 e. The number of hydrogen-bond acceptors (Lipinski definition) is 2. The van der Waals surface area contributed by atoms with Crippen LogP contribution in [0.5, 0.6) is 0 Å². The first-order valence-corrected chi connectivity index (χ1v) is 5.82. The highest BCUT2D eigenvalue weighted by molar-refractivity contribution is 5.79. The van der Waals surface area contributed by atoms with Crippen LogP contribution in [0.15, 0.2) is 0 Å². The quantitative estimate of drug-likeness (QED) is 0.696. The molecule has 0 N–H and O–H groups in total. The van der Waals surface area contributed by atoms with Crippen molar-refractivity contribution in [3.63, 3.8) is 0 Å². The second-order valence-corrected chi connectivity index (χ2v) is 4.71. The summed E-state index contributed by atoms with van der Waals surface area (Å²) in [6.45, 7) is 0.531. The minimum Gasteiger partial charge on any atom is -0.300 e. The van der Waals surface area contributed by atoms with E-state index in [9.17, 15) is 18.0 Å². The Balaban J connectivity index is 2.00. The van der Waals surface area contributed by atoms with Gasteiger partial charge in [0.05, 0.1) is 0 Å². The van der Waals surface area contributed by atoms with E-state index in [0.29, 0.717) is 38.6 Å². The number of Topliss-reactive ketones (excluding diaryl/α,β-unsaturated/α-hetero) is 1. The number of rotatable bonds is 1. The fourth-order valence-corrected chi connectivity index (χ4v) is 2.83. The summed E-state index contributed by atoms with van der Waals surface area (Å²) in [5.74, 6) is 0.194. The summed E-state index contributed by atoms with van der Waals surface area (Å²) in [4.78, 5) is 12.6. The number of ketones is 1. The monoisotopic (exact) mass is 235 g/mol. The van der Waals surface area contributed by atoms with Crippen LogP contribution in [0.4, 0.5) is 13.2 Å². The number of nitrogens with zero attached hydrogens (tertiary/aromatic N) is 1. The van der Waals surface area contributed by atoms with Crippen molar-refractivity contribution in [3.8, 4) is 0 Å². The molecule has 0 aromatic heterocycles. The maximum atomic E-state index is 12.7. The van der Waals surface area contributed by atoms with Gasteiger partial charge in [-0.15, -0.1) is 0 Å². The van der Waals surface area contributed by atoms with Gasteiger partial charge in [0, 0.05) is 18.9 Å². The van der Waals surface area contributed by atoms with Gasteiger partial charge in [-0.2, -0.15) is 13.2 Å². The summed E-state index contributed by atoms with van der Waals surface area (Å²) in [6, 6.07) is -1.31. The number of alkyl halides is 3. The van der Waals surface area contributed by atoms with Crippen LogP contribution in [-0.2, 0) is 4.79 Å². The van der Waals surface area contributed by atoms with Gasteiger partial charge in [0.25, 0.3) is 0 Å². The molecule has 0 spiro atoms. The van der Waals surface area contributed by atoms with Crippen molar-refractivity contribution in [2.45, 2.75) is 56.8 Å². The molecule has 16 heavy (non-hydrogen) atoms. The standard InChI is InChI=1S/C11H16F3NO/c12-11(13,14)10-2-1-7-15(10)8-3-5-9(16)6-4-8/h8,10H,1-7H2. The lowest BCUT2D eigenvalue weighted by atomic mass is 9.92. The van der Waals surface area contributed by atoms with Gasteiger partial charge in [0.2, 0.25) is 0 Å². The van der Waals surface area contributed by atoms with Crippen LogP contribution in [0.3, 0.4) is 0 Å². The van der Waals surface area contributed by atoms with Crippen LogP contribution in [-0.4, -0.2) is 35.5 Å². The molecule has 1 aliphatic heterocycles. The predicted octanol–water partition coefficient (Wildman–Crippen LogP) is 2.52. The molecule has 1 saturated heterocycles. The van der Waals surface area contributed by atoms with Gasteiger partial charge in [-0.25, -0.2) is 0 Å². The molecule has 0 bridgehead atoms. The van der Waals surface area contributed by atoms with Crippen molar-refractivity contribution in [1.29, 1.82) is 0 Å². The van der Waals surface area contributed by atoms with E-state index in [2.05, 4.69) is 0 Å². The average Bonchev–Trinajstić information content (AvgIpc) is 2.66. The van der Waals surface area contributed by atoms with Crippen LogP contribution in [0.1, 0.15) is 38.5 Å². The highest BCUT2D eigenvalue weighted by atomic mass is 19.4. The molecule has 0 radical (unpaired) electrons. The molecule has 5 heteroatoms. The molecule has 1 atom stereocenters. The van der Waals surface area contributed by atoms with Gasteiger partial charge in [-0.05, 0) is 32.2 Å². The zero-order chi connectivity index (χ0) is 11.8. The first-order valence-electron chi connectivity index (χ1n) is 5.82. The van der Waals surface area contributed by atoms with Gasteiger partial charge in [-0.1, -0.05) is 0 Å². The largest absolute Gasteiger partial charge is 0.404 e. The Morgan fingerprint density at radius 1 is 1.12 bits per heavy atom.